The zero-order chi connectivity index (χ0) is 8.27. The predicted molar refractivity (Wildman–Crippen MR) is 37.9 cm³/mol. The molecule has 0 radical (unpaired) electrons. The number of H-pyrrole nitrogens is 1. The fraction of sp³-hybridized carbons (Fsp3) is 0.333. The molecule has 0 unspecified atom stereocenters. The number of carboxylic acids is 1. The fourth-order valence-electron chi connectivity index (χ4n) is 0.721. The van der Waals surface area contributed by atoms with Crippen LogP contribution in [0, 0.1) is 0 Å². The summed E-state index contributed by atoms with van der Waals surface area (Å²) in [6.07, 6.45) is 3.34. The van der Waals surface area contributed by atoms with Gasteiger partial charge in [-0.3, -0.25) is 4.79 Å². The van der Waals surface area contributed by atoms with Crippen LogP contribution in [0.4, 0.5) is 0 Å². The first-order chi connectivity index (χ1) is 5.20. The molecule has 0 aliphatic heterocycles. The molecule has 0 aliphatic rings. The van der Waals surface area contributed by atoms with E-state index in [2.05, 4.69) is 9.97 Å². The first-order valence-electron chi connectivity index (χ1n) is 3.16. The van der Waals surface area contributed by atoms with Gasteiger partial charge in [0, 0.05) is 34.8 Å². The molecular weight excluding hydrogens is 205 g/mol. The normalized spacial score (nSPS) is 11.8. The zero-order valence-corrected chi connectivity index (χ0v) is 7.12. The largest absolute Gasteiger partial charge is 0.480 e. The summed E-state index contributed by atoms with van der Waals surface area (Å²) in [5, 5.41) is 8.42. The minimum atomic E-state index is -1.00. The third kappa shape index (κ3) is 3.02. The molecule has 0 saturated heterocycles. The van der Waals surface area contributed by atoms with Crippen LogP contribution in [0.15, 0.2) is 12.5 Å². The van der Waals surface area contributed by atoms with Crippen molar-refractivity contribution in [1.82, 2.24) is 9.97 Å². The maximum absolute atomic E-state index is 10.3. The zero-order valence-electron chi connectivity index (χ0n) is 6.14. The third-order valence-corrected chi connectivity index (χ3v) is 1.31. The molecule has 6 heteroatoms. The van der Waals surface area contributed by atoms with Crippen molar-refractivity contribution in [3.05, 3.63) is 18.2 Å². The number of aromatic nitrogens is 2. The molecule has 0 aromatic carbocycles. The number of nitrogens with one attached hydrogen (secondary N) is 1. The van der Waals surface area contributed by atoms with Gasteiger partial charge < -0.3 is 15.8 Å². The molecule has 5 nitrogen and oxygen atoms in total. The number of aromatic amines is 1. The summed E-state index contributed by atoms with van der Waals surface area (Å²) >= 11 is 0. The van der Waals surface area contributed by atoms with E-state index in [9.17, 15) is 4.79 Å². The Hall–Kier alpha value is -0.866. The molecule has 4 N–H and O–H groups in total. The molecule has 1 atom stereocenters. The van der Waals surface area contributed by atoms with Gasteiger partial charge in [-0.25, -0.2) is 4.98 Å². The monoisotopic (exact) mass is 213 g/mol. The quantitative estimate of drug-likeness (QED) is 0.583. The average molecular weight is 214 g/mol. The Morgan fingerprint density at radius 2 is 2.50 bits per heavy atom. The Balaban J connectivity index is 0.00000121. The van der Waals surface area contributed by atoms with Crippen LogP contribution < -0.4 is 5.73 Å². The molecule has 1 rings (SSSR count). The molecule has 1 heterocycles. The van der Waals surface area contributed by atoms with E-state index in [-0.39, 0.29) is 22.9 Å². The number of rotatable bonds is 3. The Labute approximate surface area is 79.3 Å². The number of hydrogen-bond acceptors (Lipinski definition) is 3. The standard InChI is InChI=1S/C6H9N3O2.Ni/c7-5(6(10)11)1-4-2-8-3-9-4;/h2-3,5H,1,7H2,(H,8,9)(H,10,11);/t5-;/m0./s1. The number of aliphatic carboxylic acids is 1. The first kappa shape index (κ1) is 11.1. The van der Waals surface area contributed by atoms with Crippen LogP contribution in [-0.4, -0.2) is 27.1 Å². The summed E-state index contributed by atoms with van der Waals surface area (Å²) in [6.45, 7) is 0. The molecular formula is C6H9N3NiO2. The third-order valence-electron chi connectivity index (χ3n) is 1.31. The van der Waals surface area contributed by atoms with Crippen LogP contribution in [0.3, 0.4) is 0 Å². The summed E-state index contributed by atoms with van der Waals surface area (Å²) in [5.41, 5.74) is 6.00. The van der Waals surface area contributed by atoms with Gasteiger partial charge in [0.15, 0.2) is 0 Å². The van der Waals surface area contributed by atoms with Crippen molar-refractivity contribution in [2.75, 3.05) is 0 Å². The summed E-state index contributed by atoms with van der Waals surface area (Å²) in [6, 6.07) is -0.851. The smallest absolute Gasteiger partial charge is 0.320 e. The molecule has 70 valence electrons. The summed E-state index contributed by atoms with van der Waals surface area (Å²) < 4.78 is 0. The van der Waals surface area contributed by atoms with E-state index in [4.69, 9.17) is 10.8 Å². The van der Waals surface area contributed by atoms with Crippen molar-refractivity contribution >= 4 is 5.97 Å². The van der Waals surface area contributed by atoms with Gasteiger partial charge in [-0.05, 0) is 0 Å². The van der Waals surface area contributed by atoms with Gasteiger partial charge in [-0.2, -0.15) is 0 Å². The maximum Gasteiger partial charge on any atom is 0.320 e. The van der Waals surface area contributed by atoms with E-state index in [0.29, 0.717) is 0 Å². The van der Waals surface area contributed by atoms with Crippen molar-refractivity contribution in [1.29, 1.82) is 0 Å². The van der Waals surface area contributed by atoms with Gasteiger partial charge in [-0.1, -0.05) is 0 Å². The summed E-state index contributed by atoms with van der Waals surface area (Å²) in [7, 11) is 0. The predicted octanol–water partition coefficient (Wildman–Crippen LogP) is -0.638. The molecule has 0 bridgehead atoms. The van der Waals surface area contributed by atoms with E-state index in [0.717, 1.165) is 5.69 Å². The van der Waals surface area contributed by atoms with Crippen LogP contribution in [0.1, 0.15) is 5.69 Å². The molecule has 0 amide bonds. The minimum absolute atomic E-state index is 0. The van der Waals surface area contributed by atoms with Crippen molar-refractivity contribution in [2.45, 2.75) is 12.5 Å². The van der Waals surface area contributed by atoms with Crippen LogP contribution >= 0.6 is 0 Å². The van der Waals surface area contributed by atoms with Crippen LogP contribution in [0.2, 0.25) is 0 Å². The number of hydrogen-bond donors (Lipinski definition) is 3. The van der Waals surface area contributed by atoms with Crippen LogP contribution in [0.5, 0.6) is 0 Å². The van der Waals surface area contributed by atoms with Gasteiger partial charge in [0.25, 0.3) is 0 Å². The van der Waals surface area contributed by atoms with Gasteiger partial charge >= 0.3 is 5.97 Å². The van der Waals surface area contributed by atoms with Gasteiger partial charge in [-0.15, -0.1) is 0 Å². The van der Waals surface area contributed by atoms with E-state index in [1.54, 1.807) is 6.20 Å². The second-order valence-corrected chi connectivity index (χ2v) is 2.23. The molecule has 0 spiro atoms. The Kier molecular flexibility index (Phi) is 4.55. The summed E-state index contributed by atoms with van der Waals surface area (Å²) in [5.74, 6) is -1.00. The maximum atomic E-state index is 10.3. The first-order valence-corrected chi connectivity index (χ1v) is 3.16. The SMILES string of the molecule is N[C@@H](Cc1cnc[nH]1)C(=O)O.[Ni]. The molecule has 1 aromatic heterocycles. The van der Waals surface area contributed by atoms with Gasteiger partial charge in [0.1, 0.15) is 6.04 Å². The van der Waals surface area contributed by atoms with Crippen molar-refractivity contribution in [2.24, 2.45) is 5.73 Å². The second kappa shape index (κ2) is 4.90. The number of nitrogens with two attached hydrogens (primary N) is 1. The van der Waals surface area contributed by atoms with Crippen molar-refractivity contribution in [3.8, 4) is 0 Å². The Morgan fingerprint density at radius 3 is 2.92 bits per heavy atom. The van der Waals surface area contributed by atoms with E-state index in [1.807, 2.05) is 0 Å². The second-order valence-electron chi connectivity index (χ2n) is 2.23. The van der Waals surface area contributed by atoms with Gasteiger partial charge in [0.05, 0.1) is 6.33 Å². The molecule has 1 aromatic rings. The van der Waals surface area contributed by atoms with E-state index < -0.39 is 12.0 Å². The van der Waals surface area contributed by atoms with E-state index >= 15 is 0 Å². The molecule has 0 aliphatic carbocycles. The van der Waals surface area contributed by atoms with E-state index in [1.165, 1.54) is 6.33 Å². The van der Waals surface area contributed by atoms with Gasteiger partial charge in [0.2, 0.25) is 0 Å². The Morgan fingerprint density at radius 1 is 1.83 bits per heavy atom. The summed E-state index contributed by atoms with van der Waals surface area (Å²) in [4.78, 5) is 16.8. The number of carboxylic acid groups (broad SMARTS) is 1. The average Bonchev–Trinajstić information content (AvgIpc) is 2.39. The topological polar surface area (TPSA) is 92.0 Å². The molecule has 0 fully saturated rings. The number of imidazole rings is 1. The molecule has 0 saturated carbocycles. The van der Waals surface area contributed by atoms with Crippen LogP contribution in [-0.2, 0) is 27.7 Å². The number of carbonyl (C=O) groups is 1. The number of nitrogens with zero attached hydrogens (tertiary/aromatic N) is 1. The fourth-order valence-corrected chi connectivity index (χ4v) is 0.721. The van der Waals surface area contributed by atoms with Crippen molar-refractivity contribution < 1.29 is 26.4 Å². The molecule has 12 heavy (non-hydrogen) atoms. The Bertz CT molecular complexity index is 237. The van der Waals surface area contributed by atoms with Crippen molar-refractivity contribution in [3.63, 3.8) is 0 Å². The minimum Gasteiger partial charge on any atom is -0.480 e. The van der Waals surface area contributed by atoms with Crippen LogP contribution in [0.25, 0.3) is 0 Å².